The molecule has 0 spiro atoms. The topological polar surface area (TPSA) is 42.4 Å². The van der Waals surface area contributed by atoms with E-state index in [9.17, 15) is 0 Å². The molecular weight excluding hydrogens is 248 g/mol. The fourth-order valence-electron chi connectivity index (χ4n) is 4.37. The van der Waals surface area contributed by atoms with Gasteiger partial charge in [0.1, 0.15) is 11.3 Å². The van der Waals surface area contributed by atoms with E-state index in [1.807, 2.05) is 6.07 Å². The third-order valence-electron chi connectivity index (χ3n) is 5.23. The summed E-state index contributed by atoms with van der Waals surface area (Å²) in [5.41, 5.74) is 8.46. The average Bonchev–Trinajstić information content (AvgIpc) is 3.14. The van der Waals surface area contributed by atoms with Crippen LogP contribution < -0.4 is 5.73 Å². The van der Waals surface area contributed by atoms with Crippen LogP contribution in [0.15, 0.2) is 28.7 Å². The van der Waals surface area contributed by atoms with E-state index in [2.05, 4.69) is 30.0 Å². The normalized spacial score (nSPS) is 27.5. The Balaban J connectivity index is 1.78. The van der Waals surface area contributed by atoms with Gasteiger partial charge in [0.15, 0.2) is 0 Å². The number of nitrogens with zero attached hydrogens (tertiary/aromatic N) is 1. The molecule has 1 saturated heterocycles. The number of hydrogen-bond acceptors (Lipinski definition) is 3. The lowest BCUT2D eigenvalue weighted by molar-refractivity contribution is 0.152. The number of benzene rings is 1. The van der Waals surface area contributed by atoms with E-state index in [-0.39, 0.29) is 0 Å². The molecule has 2 fully saturated rings. The molecule has 0 radical (unpaired) electrons. The summed E-state index contributed by atoms with van der Waals surface area (Å²) in [5.74, 6) is 1.93. The van der Waals surface area contributed by atoms with Crippen LogP contribution in [0.25, 0.3) is 11.0 Å². The van der Waals surface area contributed by atoms with Crippen molar-refractivity contribution in [1.82, 2.24) is 4.90 Å². The van der Waals surface area contributed by atoms with Crippen molar-refractivity contribution in [1.29, 1.82) is 0 Å². The molecule has 3 atom stereocenters. The number of piperidine rings is 1. The van der Waals surface area contributed by atoms with E-state index in [1.165, 1.54) is 36.8 Å². The highest BCUT2D eigenvalue weighted by Gasteiger charge is 2.42. The molecule has 1 aromatic heterocycles. The van der Waals surface area contributed by atoms with Gasteiger partial charge in [-0.1, -0.05) is 18.2 Å². The molecule has 0 amide bonds. The molecule has 2 heterocycles. The van der Waals surface area contributed by atoms with Crippen LogP contribution in [-0.4, -0.2) is 24.0 Å². The molecule has 4 rings (SSSR count). The summed E-state index contributed by atoms with van der Waals surface area (Å²) in [5, 5.41) is 1.24. The largest absolute Gasteiger partial charge is 0.461 e. The molecule has 3 nitrogen and oxygen atoms in total. The summed E-state index contributed by atoms with van der Waals surface area (Å²) >= 11 is 0. The number of furan rings is 1. The van der Waals surface area contributed by atoms with Crippen LogP contribution in [0, 0.1) is 12.8 Å². The van der Waals surface area contributed by atoms with Crippen LogP contribution in [0.3, 0.4) is 0 Å². The maximum atomic E-state index is 6.15. The molecule has 1 aromatic carbocycles. The van der Waals surface area contributed by atoms with Crippen molar-refractivity contribution < 1.29 is 4.42 Å². The molecule has 106 valence electrons. The molecule has 2 aliphatic rings. The number of nitrogens with two attached hydrogens (primary N) is 1. The summed E-state index contributed by atoms with van der Waals surface area (Å²) in [6.07, 6.45) is 4.12. The van der Waals surface area contributed by atoms with Crippen LogP contribution in [0.2, 0.25) is 0 Å². The van der Waals surface area contributed by atoms with Gasteiger partial charge < -0.3 is 10.2 Å². The van der Waals surface area contributed by atoms with Crippen LogP contribution in [0.4, 0.5) is 0 Å². The number of aryl methyl sites for hydroxylation is 1. The predicted molar refractivity (Wildman–Crippen MR) is 80.6 cm³/mol. The van der Waals surface area contributed by atoms with Gasteiger partial charge in [0.05, 0.1) is 6.04 Å². The first kappa shape index (κ1) is 12.4. The number of hydrogen-bond donors (Lipinski definition) is 1. The third kappa shape index (κ3) is 1.73. The summed E-state index contributed by atoms with van der Waals surface area (Å²) in [6.45, 7) is 3.96. The maximum absolute atomic E-state index is 6.15. The fourth-order valence-corrected chi connectivity index (χ4v) is 4.37. The highest BCUT2D eigenvalue weighted by Crippen LogP contribution is 2.44. The molecular formula is C17H22N2O. The molecule has 2 bridgehead atoms. The van der Waals surface area contributed by atoms with Gasteiger partial charge in [-0.05, 0) is 38.2 Å². The fraction of sp³-hybridized carbons (Fsp3) is 0.529. The van der Waals surface area contributed by atoms with Gasteiger partial charge in [0, 0.05) is 30.1 Å². The van der Waals surface area contributed by atoms with Gasteiger partial charge in [-0.15, -0.1) is 0 Å². The van der Waals surface area contributed by atoms with Crippen LogP contribution in [-0.2, 0) is 0 Å². The van der Waals surface area contributed by atoms with Crippen molar-refractivity contribution >= 4 is 11.0 Å². The Morgan fingerprint density at radius 1 is 1.35 bits per heavy atom. The molecule has 2 N–H and O–H groups in total. The lowest BCUT2D eigenvalue weighted by atomic mass is 9.99. The minimum Gasteiger partial charge on any atom is -0.461 e. The molecule has 3 heteroatoms. The molecule has 2 aromatic rings. The molecule has 1 saturated carbocycles. The van der Waals surface area contributed by atoms with Crippen molar-refractivity contribution in [2.24, 2.45) is 11.7 Å². The zero-order valence-corrected chi connectivity index (χ0v) is 12.0. The minimum atomic E-state index is 0.314. The number of fused-ring (bicyclic) bond motifs is 3. The van der Waals surface area contributed by atoms with E-state index in [1.54, 1.807) is 0 Å². The Morgan fingerprint density at radius 2 is 2.20 bits per heavy atom. The molecule has 1 aliphatic carbocycles. The van der Waals surface area contributed by atoms with Gasteiger partial charge in [-0.2, -0.15) is 0 Å². The van der Waals surface area contributed by atoms with Crippen LogP contribution in [0.5, 0.6) is 0 Å². The lowest BCUT2D eigenvalue weighted by Crippen LogP contribution is -2.39. The Morgan fingerprint density at radius 3 is 2.90 bits per heavy atom. The van der Waals surface area contributed by atoms with E-state index in [0.29, 0.717) is 12.6 Å². The molecule has 1 aliphatic heterocycles. The molecule has 20 heavy (non-hydrogen) atoms. The predicted octanol–water partition coefficient (Wildman–Crippen LogP) is 3.23. The maximum Gasteiger partial charge on any atom is 0.134 e. The Kier molecular flexibility index (Phi) is 2.86. The minimum absolute atomic E-state index is 0.314. The quantitative estimate of drug-likeness (QED) is 0.931. The van der Waals surface area contributed by atoms with Crippen molar-refractivity contribution in [2.75, 3.05) is 13.1 Å². The summed E-state index contributed by atoms with van der Waals surface area (Å²) in [4.78, 5) is 2.64. The SMILES string of the molecule is Cc1oc2ccccc2c1C(CN)N1CC2CCC1C2. The van der Waals surface area contributed by atoms with Crippen molar-refractivity contribution in [2.45, 2.75) is 38.3 Å². The first-order valence-electron chi connectivity index (χ1n) is 7.71. The standard InChI is InChI=1S/C17H22N2O/c1-11-17(14-4-2-3-5-16(14)20-11)15(9-18)19-10-12-6-7-13(19)8-12/h2-5,12-13,15H,6-10,18H2,1H3. The van der Waals surface area contributed by atoms with Crippen LogP contribution >= 0.6 is 0 Å². The number of rotatable bonds is 3. The van der Waals surface area contributed by atoms with E-state index < -0.39 is 0 Å². The summed E-state index contributed by atoms with van der Waals surface area (Å²) < 4.78 is 5.94. The Hall–Kier alpha value is -1.32. The van der Waals surface area contributed by atoms with Crippen molar-refractivity contribution in [3.63, 3.8) is 0 Å². The van der Waals surface area contributed by atoms with Crippen LogP contribution in [0.1, 0.15) is 36.6 Å². The highest BCUT2D eigenvalue weighted by molar-refractivity contribution is 5.82. The van der Waals surface area contributed by atoms with Gasteiger partial charge in [0.2, 0.25) is 0 Å². The zero-order chi connectivity index (χ0) is 13.7. The second-order valence-corrected chi connectivity index (χ2v) is 6.35. The average molecular weight is 270 g/mol. The third-order valence-corrected chi connectivity index (χ3v) is 5.23. The Labute approximate surface area is 119 Å². The van der Waals surface area contributed by atoms with E-state index >= 15 is 0 Å². The first-order chi connectivity index (χ1) is 9.78. The van der Waals surface area contributed by atoms with E-state index in [0.717, 1.165) is 23.3 Å². The molecule has 3 unspecified atom stereocenters. The number of likely N-dealkylation sites (tertiary alicyclic amines) is 1. The zero-order valence-electron chi connectivity index (χ0n) is 12.0. The second kappa shape index (κ2) is 4.61. The monoisotopic (exact) mass is 270 g/mol. The van der Waals surface area contributed by atoms with E-state index in [4.69, 9.17) is 10.2 Å². The van der Waals surface area contributed by atoms with Gasteiger partial charge in [0.25, 0.3) is 0 Å². The second-order valence-electron chi connectivity index (χ2n) is 6.35. The summed E-state index contributed by atoms with van der Waals surface area (Å²) in [7, 11) is 0. The van der Waals surface area contributed by atoms with Crippen molar-refractivity contribution in [3.05, 3.63) is 35.6 Å². The first-order valence-corrected chi connectivity index (χ1v) is 7.71. The van der Waals surface area contributed by atoms with Crippen molar-refractivity contribution in [3.8, 4) is 0 Å². The van der Waals surface area contributed by atoms with Gasteiger partial charge in [-0.3, -0.25) is 4.90 Å². The van der Waals surface area contributed by atoms with Gasteiger partial charge in [-0.25, -0.2) is 0 Å². The Bertz CT molecular complexity index is 633. The van der Waals surface area contributed by atoms with Gasteiger partial charge >= 0.3 is 0 Å². The lowest BCUT2D eigenvalue weighted by Gasteiger charge is -2.34. The highest BCUT2D eigenvalue weighted by atomic mass is 16.3. The smallest absolute Gasteiger partial charge is 0.134 e. The summed E-state index contributed by atoms with van der Waals surface area (Å²) in [6, 6.07) is 9.39. The number of para-hydroxylation sites is 1.